The van der Waals surface area contributed by atoms with Crippen molar-refractivity contribution in [2.45, 2.75) is 153 Å². The molecule has 6 atom stereocenters. The van der Waals surface area contributed by atoms with Crippen LogP contribution in [0.25, 0.3) is 0 Å². The first-order valence-electron chi connectivity index (χ1n) is 20.5. The van der Waals surface area contributed by atoms with E-state index in [2.05, 4.69) is 12.5 Å². The molecule has 0 aromatic heterocycles. The lowest BCUT2D eigenvalue weighted by Crippen LogP contribution is -2.38. The van der Waals surface area contributed by atoms with Crippen molar-refractivity contribution in [3.8, 4) is 11.8 Å². The summed E-state index contributed by atoms with van der Waals surface area (Å²) in [6.45, 7) is 5.37. The van der Waals surface area contributed by atoms with Gasteiger partial charge in [0.1, 0.15) is 39.1 Å². The zero-order chi connectivity index (χ0) is 42.4. The predicted molar refractivity (Wildman–Crippen MR) is 209 cm³/mol. The van der Waals surface area contributed by atoms with Crippen LogP contribution < -0.4 is 0 Å². The minimum absolute atomic E-state index is 0.00630. The molecule has 6 unspecified atom stereocenters. The van der Waals surface area contributed by atoms with E-state index in [-0.39, 0.29) is 45.2 Å². The van der Waals surface area contributed by atoms with Gasteiger partial charge in [-0.25, -0.2) is 23.2 Å². The van der Waals surface area contributed by atoms with E-state index in [0.29, 0.717) is 44.4 Å². The molecule has 14 heteroatoms. The number of carbonyl (C=O) groups is 3. The Bertz CT molecular complexity index is 1470. The van der Waals surface area contributed by atoms with Crippen LogP contribution in [0.1, 0.15) is 117 Å². The monoisotopic (exact) mass is 826 g/mol. The van der Waals surface area contributed by atoms with Crippen LogP contribution in [0.2, 0.25) is 0 Å². The number of allylic oxidation sites excluding steroid dienone is 7. The second kappa shape index (κ2) is 25.1. The molecule has 1 N–H and O–H groups in total. The Hall–Kier alpha value is -3.67. The summed E-state index contributed by atoms with van der Waals surface area (Å²) in [6.07, 6.45) is 13.2. The SMILES string of the molecule is C=C(C=CC=CC)CCC(CCCC1CCC(O)C1)OC(=O)OCC(C)(COC(=O)COC1CCC#CC(F)(F)CC1)COC(=O)COC1CCC=CC(F)(F)CC1. The van der Waals surface area contributed by atoms with Gasteiger partial charge in [0, 0.05) is 19.3 Å². The van der Waals surface area contributed by atoms with Gasteiger partial charge < -0.3 is 33.5 Å². The molecule has 0 amide bonds. The first kappa shape index (κ1) is 48.7. The van der Waals surface area contributed by atoms with E-state index in [1.807, 2.05) is 37.1 Å². The minimum Gasteiger partial charge on any atom is -0.463 e. The smallest absolute Gasteiger partial charge is 0.463 e. The van der Waals surface area contributed by atoms with E-state index >= 15 is 0 Å². The van der Waals surface area contributed by atoms with Crippen molar-refractivity contribution in [1.29, 1.82) is 0 Å². The van der Waals surface area contributed by atoms with E-state index < -0.39 is 79.7 Å². The maximum absolute atomic E-state index is 13.9. The van der Waals surface area contributed by atoms with Gasteiger partial charge in [-0.3, -0.25) is 0 Å². The molecule has 0 saturated heterocycles. The maximum Gasteiger partial charge on any atom is 0.508 e. The lowest BCUT2D eigenvalue weighted by Gasteiger charge is -2.29. The fourth-order valence-electron chi connectivity index (χ4n) is 6.86. The number of aliphatic hydroxyl groups excluding tert-OH is 1. The molecule has 0 aliphatic heterocycles. The fraction of sp³-hybridized carbons (Fsp3) is 0.705. The maximum atomic E-state index is 13.9. The minimum atomic E-state index is -3.13. The molecular weight excluding hydrogens is 764 g/mol. The van der Waals surface area contributed by atoms with Crippen LogP contribution in [-0.2, 0) is 38.0 Å². The lowest BCUT2D eigenvalue weighted by molar-refractivity contribution is -0.163. The lowest BCUT2D eigenvalue weighted by atomic mass is 9.94. The predicted octanol–water partition coefficient (Wildman–Crippen LogP) is 9.15. The Labute approximate surface area is 340 Å². The van der Waals surface area contributed by atoms with Crippen LogP contribution in [0.3, 0.4) is 0 Å². The third-order valence-electron chi connectivity index (χ3n) is 10.4. The van der Waals surface area contributed by atoms with Crippen LogP contribution in [-0.4, -0.2) is 92.5 Å². The number of aliphatic hydroxyl groups is 1. The molecule has 0 aromatic rings. The van der Waals surface area contributed by atoms with Gasteiger partial charge in [0.05, 0.1) is 23.7 Å². The standard InChI is InChI=1S/C44H62F4O10/c1-4-5-6-12-33(2)17-20-38(16-11-13-34-18-19-35(49)27-34)58-41(52)57-32-42(3,30-55-39(50)28-53-36-14-7-9-23-43(45,46)25-21-36)31-56-40(51)29-54-37-15-8-10-24-44(47,48)26-22-37/h4-6,9,12,23,34-38,49H,2,7-8,11,13-22,25-32H2,1,3H3. The van der Waals surface area contributed by atoms with Gasteiger partial charge in [-0.2, -0.15) is 8.78 Å². The number of hydrogen-bond acceptors (Lipinski definition) is 10. The Kier molecular flexibility index (Phi) is 21.0. The summed E-state index contributed by atoms with van der Waals surface area (Å²) in [5.74, 6) is -2.90. The first-order chi connectivity index (χ1) is 27.6. The number of esters is 2. The summed E-state index contributed by atoms with van der Waals surface area (Å²) in [5, 5.41) is 9.93. The van der Waals surface area contributed by atoms with E-state index in [0.717, 1.165) is 43.8 Å². The second-order valence-corrected chi connectivity index (χ2v) is 16.0. The van der Waals surface area contributed by atoms with Crippen LogP contribution in [0.15, 0.2) is 48.6 Å². The molecule has 0 bridgehead atoms. The van der Waals surface area contributed by atoms with Crippen LogP contribution >= 0.6 is 0 Å². The second-order valence-electron chi connectivity index (χ2n) is 16.0. The van der Waals surface area contributed by atoms with Crippen molar-refractivity contribution in [2.24, 2.45) is 11.3 Å². The summed E-state index contributed by atoms with van der Waals surface area (Å²) in [6, 6.07) is 0. The molecule has 1 fully saturated rings. The highest BCUT2D eigenvalue weighted by molar-refractivity contribution is 5.71. The largest absolute Gasteiger partial charge is 0.508 e. The highest BCUT2D eigenvalue weighted by Gasteiger charge is 2.34. The van der Waals surface area contributed by atoms with Gasteiger partial charge in [-0.1, -0.05) is 54.9 Å². The van der Waals surface area contributed by atoms with Crippen molar-refractivity contribution in [3.05, 3.63) is 48.6 Å². The molecule has 0 aromatic carbocycles. The number of halogens is 4. The summed E-state index contributed by atoms with van der Waals surface area (Å²) in [7, 11) is 0. The Morgan fingerprint density at radius 2 is 1.59 bits per heavy atom. The first-order valence-corrected chi connectivity index (χ1v) is 20.5. The van der Waals surface area contributed by atoms with E-state index in [4.69, 9.17) is 28.4 Å². The molecular formula is C44H62F4O10. The molecule has 0 radical (unpaired) electrons. The van der Waals surface area contributed by atoms with Crippen molar-refractivity contribution < 1.29 is 65.5 Å². The summed E-state index contributed by atoms with van der Waals surface area (Å²) >= 11 is 0. The Balaban J connectivity index is 1.59. The Morgan fingerprint density at radius 1 is 0.914 bits per heavy atom. The summed E-state index contributed by atoms with van der Waals surface area (Å²) < 4.78 is 88.7. The molecule has 0 spiro atoms. The average Bonchev–Trinajstić information content (AvgIpc) is 3.59. The number of carbonyl (C=O) groups excluding carboxylic acids is 3. The average molecular weight is 827 g/mol. The normalized spacial score (nSPS) is 24.6. The van der Waals surface area contributed by atoms with Crippen LogP contribution in [0.4, 0.5) is 22.4 Å². The number of hydrogen-bond donors (Lipinski definition) is 1. The molecule has 1 saturated carbocycles. The quantitative estimate of drug-likeness (QED) is 0.0282. The molecule has 326 valence electrons. The third kappa shape index (κ3) is 20.8. The number of ether oxygens (including phenoxy) is 6. The molecule has 3 rings (SSSR count). The summed E-state index contributed by atoms with van der Waals surface area (Å²) in [5.41, 5.74) is -0.423. The number of alkyl halides is 4. The van der Waals surface area contributed by atoms with Crippen molar-refractivity contribution in [2.75, 3.05) is 33.0 Å². The Morgan fingerprint density at radius 3 is 2.26 bits per heavy atom. The van der Waals surface area contributed by atoms with Crippen LogP contribution in [0.5, 0.6) is 0 Å². The van der Waals surface area contributed by atoms with Gasteiger partial charge in [-0.15, -0.1) is 0 Å². The highest BCUT2D eigenvalue weighted by atomic mass is 19.3. The summed E-state index contributed by atoms with van der Waals surface area (Å²) in [4.78, 5) is 38.7. The molecule has 3 aliphatic carbocycles. The van der Waals surface area contributed by atoms with Gasteiger partial charge in [-0.05, 0) is 109 Å². The highest BCUT2D eigenvalue weighted by Crippen LogP contribution is 2.31. The fourth-order valence-corrected chi connectivity index (χ4v) is 6.86. The molecule has 10 nitrogen and oxygen atoms in total. The van der Waals surface area contributed by atoms with Crippen molar-refractivity contribution in [1.82, 2.24) is 0 Å². The zero-order valence-electron chi connectivity index (χ0n) is 34.0. The topological polar surface area (TPSA) is 127 Å². The van der Waals surface area contributed by atoms with E-state index in [9.17, 15) is 37.1 Å². The van der Waals surface area contributed by atoms with Gasteiger partial charge in [0.2, 0.25) is 0 Å². The van der Waals surface area contributed by atoms with E-state index in [1.54, 1.807) is 6.92 Å². The number of rotatable bonds is 22. The molecule has 3 aliphatic rings. The van der Waals surface area contributed by atoms with Gasteiger partial charge in [0.25, 0.3) is 5.92 Å². The molecule has 0 heterocycles. The van der Waals surface area contributed by atoms with Crippen LogP contribution in [0, 0.1) is 23.2 Å². The molecule has 58 heavy (non-hydrogen) atoms. The van der Waals surface area contributed by atoms with Gasteiger partial charge >= 0.3 is 24.0 Å². The van der Waals surface area contributed by atoms with E-state index in [1.165, 1.54) is 6.08 Å². The van der Waals surface area contributed by atoms with Crippen molar-refractivity contribution >= 4 is 18.1 Å². The van der Waals surface area contributed by atoms with Crippen molar-refractivity contribution in [3.63, 3.8) is 0 Å². The van der Waals surface area contributed by atoms with Gasteiger partial charge in [0.15, 0.2) is 0 Å². The zero-order valence-corrected chi connectivity index (χ0v) is 34.0. The third-order valence-corrected chi connectivity index (χ3v) is 10.4.